The van der Waals surface area contributed by atoms with Gasteiger partial charge in [0.25, 0.3) is 0 Å². The maximum Gasteiger partial charge on any atom is 0.304 e. The molecule has 3 aliphatic rings. The second kappa shape index (κ2) is 7.33. The summed E-state index contributed by atoms with van der Waals surface area (Å²) in [5.74, 6) is 1.08. The van der Waals surface area contributed by atoms with E-state index in [0.29, 0.717) is 17.8 Å². The number of nitrogens with zero attached hydrogens (tertiary/aromatic N) is 5. The maximum atomic E-state index is 6.29. The highest BCUT2D eigenvalue weighted by Crippen LogP contribution is 2.38. The highest BCUT2D eigenvalue weighted by molar-refractivity contribution is 5.89. The number of rotatable bonds is 3. The minimum Gasteiger partial charge on any atom is -0.456 e. The molecule has 3 aliphatic heterocycles. The van der Waals surface area contributed by atoms with Crippen LogP contribution in [0.15, 0.2) is 41.9 Å². The van der Waals surface area contributed by atoms with E-state index < -0.39 is 0 Å². The van der Waals surface area contributed by atoms with Gasteiger partial charge in [0.1, 0.15) is 17.7 Å². The summed E-state index contributed by atoms with van der Waals surface area (Å²) in [6, 6.07) is 8.25. The van der Waals surface area contributed by atoms with Crippen molar-refractivity contribution in [1.82, 2.24) is 19.9 Å². The zero-order valence-electron chi connectivity index (χ0n) is 15.3. The zero-order valence-corrected chi connectivity index (χ0v) is 15.3. The lowest BCUT2D eigenvalue weighted by Crippen LogP contribution is -2.59. The second-order valence-electron chi connectivity index (χ2n) is 7.16. The smallest absolute Gasteiger partial charge is 0.304 e. The van der Waals surface area contributed by atoms with Crippen LogP contribution in [0.4, 0.5) is 5.82 Å². The van der Waals surface area contributed by atoms with Gasteiger partial charge in [-0.1, -0.05) is 6.42 Å². The molecule has 0 spiro atoms. The number of anilines is 1. The first-order valence-corrected chi connectivity index (χ1v) is 9.10. The SMILES string of the molecule is C#CN=C(Nc1cc(-c2ccncc2)ncn1)OC1(C)CN2CCC1CC2. The molecule has 138 valence electrons. The zero-order chi connectivity index (χ0) is 18.7. The molecule has 1 atom stereocenters. The van der Waals surface area contributed by atoms with Gasteiger partial charge in [-0.25, -0.2) is 9.97 Å². The lowest BCUT2D eigenvalue weighted by Gasteiger charge is -2.50. The third-order valence-corrected chi connectivity index (χ3v) is 5.36. The number of terminal acetylenes is 1. The van der Waals surface area contributed by atoms with Crippen LogP contribution in [0.1, 0.15) is 19.8 Å². The first-order valence-electron chi connectivity index (χ1n) is 9.10. The van der Waals surface area contributed by atoms with Crippen LogP contribution in [0.25, 0.3) is 11.3 Å². The summed E-state index contributed by atoms with van der Waals surface area (Å²) in [5, 5.41) is 3.12. The number of aliphatic imine (C=N–C) groups is 1. The molecule has 0 aromatic carbocycles. The van der Waals surface area contributed by atoms with Crippen LogP contribution in [0.3, 0.4) is 0 Å². The molecule has 2 aromatic heterocycles. The van der Waals surface area contributed by atoms with E-state index >= 15 is 0 Å². The fourth-order valence-electron chi connectivity index (χ4n) is 3.96. The first-order chi connectivity index (χ1) is 13.2. The van der Waals surface area contributed by atoms with Crippen molar-refractivity contribution >= 4 is 11.8 Å². The number of hydrogen-bond acceptors (Lipinski definition) is 6. The van der Waals surface area contributed by atoms with Gasteiger partial charge in [0.15, 0.2) is 0 Å². The van der Waals surface area contributed by atoms with E-state index in [-0.39, 0.29) is 5.60 Å². The van der Waals surface area contributed by atoms with Crippen molar-refractivity contribution in [2.75, 3.05) is 25.0 Å². The van der Waals surface area contributed by atoms with E-state index in [1.165, 1.54) is 6.33 Å². The summed E-state index contributed by atoms with van der Waals surface area (Å²) in [7, 11) is 0. The van der Waals surface area contributed by atoms with Gasteiger partial charge in [0.05, 0.1) is 5.69 Å². The van der Waals surface area contributed by atoms with Crippen molar-refractivity contribution in [2.24, 2.45) is 10.9 Å². The number of hydrogen-bond donors (Lipinski definition) is 1. The molecule has 7 heteroatoms. The third-order valence-electron chi connectivity index (χ3n) is 5.36. The average molecular weight is 362 g/mol. The second-order valence-corrected chi connectivity index (χ2v) is 7.16. The van der Waals surface area contributed by atoms with Crippen LogP contribution >= 0.6 is 0 Å². The lowest BCUT2D eigenvalue weighted by molar-refractivity contribution is -0.0884. The maximum absolute atomic E-state index is 6.29. The molecule has 3 saturated heterocycles. The number of fused-ring (bicyclic) bond motifs is 3. The molecular formula is C20H22N6O. The fourth-order valence-corrected chi connectivity index (χ4v) is 3.96. The Morgan fingerprint density at radius 2 is 2.11 bits per heavy atom. The summed E-state index contributed by atoms with van der Waals surface area (Å²) in [6.07, 6.45) is 12.7. The third kappa shape index (κ3) is 3.76. The van der Waals surface area contributed by atoms with E-state index in [9.17, 15) is 0 Å². The Labute approximate surface area is 158 Å². The molecule has 3 fully saturated rings. The van der Waals surface area contributed by atoms with E-state index in [1.807, 2.05) is 18.2 Å². The van der Waals surface area contributed by atoms with Crippen molar-refractivity contribution in [3.63, 3.8) is 0 Å². The Kier molecular flexibility index (Phi) is 4.73. The molecule has 0 radical (unpaired) electrons. The highest BCUT2D eigenvalue weighted by atomic mass is 16.5. The Morgan fingerprint density at radius 3 is 2.78 bits per heavy atom. The number of amidine groups is 1. The lowest BCUT2D eigenvalue weighted by atomic mass is 9.76. The minimum atomic E-state index is -0.305. The summed E-state index contributed by atoms with van der Waals surface area (Å²) in [6.45, 7) is 5.30. The Hall–Kier alpha value is -2.98. The number of nitrogens with one attached hydrogen (secondary N) is 1. The van der Waals surface area contributed by atoms with Crippen molar-refractivity contribution in [2.45, 2.75) is 25.4 Å². The molecule has 2 bridgehead atoms. The molecule has 1 unspecified atom stereocenters. The molecule has 0 amide bonds. The van der Waals surface area contributed by atoms with Crippen LogP contribution in [0, 0.1) is 18.4 Å². The van der Waals surface area contributed by atoms with Gasteiger partial charge in [-0.2, -0.15) is 0 Å². The standard InChI is InChI=1S/C20H22N6O/c1-3-22-19(27-20(2)13-26-10-6-16(20)7-11-26)25-18-12-17(23-14-24-18)15-4-8-21-9-5-15/h1,4-5,8-9,12,14,16H,6-7,10-11,13H2,2H3,(H,22,23,24,25). The minimum absolute atomic E-state index is 0.299. The van der Waals surface area contributed by atoms with Crippen molar-refractivity contribution in [1.29, 1.82) is 0 Å². The summed E-state index contributed by atoms with van der Waals surface area (Å²) in [5.41, 5.74) is 1.43. The Balaban J connectivity index is 1.53. The van der Waals surface area contributed by atoms with Crippen molar-refractivity contribution in [3.05, 3.63) is 36.9 Å². The fraction of sp³-hybridized carbons (Fsp3) is 0.400. The van der Waals surface area contributed by atoms with Gasteiger partial charge in [-0.3, -0.25) is 15.2 Å². The Morgan fingerprint density at radius 1 is 1.33 bits per heavy atom. The predicted molar refractivity (Wildman–Crippen MR) is 104 cm³/mol. The van der Waals surface area contributed by atoms with Crippen molar-refractivity contribution < 1.29 is 4.74 Å². The quantitative estimate of drug-likeness (QED) is 0.513. The molecule has 0 aliphatic carbocycles. The molecular weight excluding hydrogens is 340 g/mol. The molecule has 1 N–H and O–H groups in total. The number of pyridine rings is 1. The number of ether oxygens (including phenoxy) is 1. The summed E-state index contributed by atoms with van der Waals surface area (Å²) >= 11 is 0. The van der Waals surface area contributed by atoms with Crippen LogP contribution in [0.5, 0.6) is 0 Å². The Bertz CT molecular complexity index is 870. The van der Waals surface area contributed by atoms with E-state index in [0.717, 1.165) is 43.7 Å². The topological polar surface area (TPSA) is 75.5 Å². The molecule has 7 nitrogen and oxygen atoms in total. The van der Waals surface area contributed by atoms with Gasteiger partial charge in [0, 0.05) is 42.5 Å². The molecule has 27 heavy (non-hydrogen) atoms. The van der Waals surface area contributed by atoms with Gasteiger partial charge < -0.3 is 4.74 Å². The summed E-state index contributed by atoms with van der Waals surface area (Å²) in [4.78, 5) is 19.1. The van der Waals surface area contributed by atoms with Crippen LogP contribution in [-0.2, 0) is 4.74 Å². The number of aromatic nitrogens is 3. The van der Waals surface area contributed by atoms with Crippen molar-refractivity contribution in [3.8, 4) is 23.7 Å². The monoisotopic (exact) mass is 362 g/mol. The van der Waals surface area contributed by atoms with E-state index in [4.69, 9.17) is 11.2 Å². The van der Waals surface area contributed by atoms with Crippen LogP contribution in [-0.4, -0.2) is 51.1 Å². The molecule has 5 rings (SSSR count). The van der Waals surface area contributed by atoms with Gasteiger partial charge in [-0.05, 0) is 45.0 Å². The average Bonchev–Trinajstić information content (AvgIpc) is 2.69. The molecule has 0 saturated carbocycles. The first kappa shape index (κ1) is 17.4. The predicted octanol–water partition coefficient (Wildman–Crippen LogP) is 2.40. The molecule has 2 aromatic rings. The largest absolute Gasteiger partial charge is 0.456 e. The normalized spacial score (nSPS) is 27.0. The summed E-state index contributed by atoms with van der Waals surface area (Å²) < 4.78 is 6.29. The highest BCUT2D eigenvalue weighted by Gasteiger charge is 2.45. The number of piperidine rings is 3. The van der Waals surface area contributed by atoms with Gasteiger partial charge in [0.2, 0.25) is 0 Å². The van der Waals surface area contributed by atoms with Gasteiger partial charge in [-0.15, -0.1) is 4.99 Å². The van der Waals surface area contributed by atoms with Crippen LogP contribution < -0.4 is 5.32 Å². The molecule has 5 heterocycles. The van der Waals surface area contributed by atoms with E-state index in [2.05, 4.69) is 43.1 Å². The van der Waals surface area contributed by atoms with E-state index in [1.54, 1.807) is 12.4 Å². The van der Waals surface area contributed by atoms with Gasteiger partial charge >= 0.3 is 6.02 Å². The van der Waals surface area contributed by atoms with Crippen LogP contribution in [0.2, 0.25) is 0 Å².